The van der Waals surface area contributed by atoms with Crippen LogP contribution in [0.15, 0.2) is 41.2 Å². The first-order valence-corrected chi connectivity index (χ1v) is 7.54. The predicted octanol–water partition coefficient (Wildman–Crippen LogP) is 3.53. The third kappa shape index (κ3) is 3.45. The Morgan fingerprint density at radius 2 is 1.82 bits per heavy atom. The number of pyridine rings is 1. The molecule has 4 nitrogen and oxygen atoms in total. The average Bonchev–Trinajstić information content (AvgIpc) is 2.56. The number of hydrogen-bond acceptors (Lipinski definition) is 3. The SMILES string of the molecule is CCCCCn1c(-c2ccc(OC)cc2)ccc(C=O)c1=O. The van der Waals surface area contributed by atoms with Gasteiger partial charge < -0.3 is 9.30 Å². The highest BCUT2D eigenvalue weighted by Gasteiger charge is 2.10. The summed E-state index contributed by atoms with van der Waals surface area (Å²) < 4.78 is 6.86. The molecule has 0 atom stereocenters. The number of rotatable bonds is 7. The van der Waals surface area contributed by atoms with Gasteiger partial charge in [-0.15, -0.1) is 0 Å². The monoisotopic (exact) mass is 299 g/mol. The molecule has 2 aromatic rings. The Morgan fingerprint density at radius 1 is 1.09 bits per heavy atom. The van der Waals surface area contributed by atoms with Gasteiger partial charge in [-0.3, -0.25) is 9.59 Å². The highest BCUT2D eigenvalue weighted by atomic mass is 16.5. The fourth-order valence-electron chi connectivity index (χ4n) is 2.44. The zero-order chi connectivity index (χ0) is 15.9. The molecule has 116 valence electrons. The van der Waals surface area contributed by atoms with E-state index in [4.69, 9.17) is 4.74 Å². The van der Waals surface area contributed by atoms with E-state index in [9.17, 15) is 9.59 Å². The molecule has 0 aliphatic rings. The Hall–Kier alpha value is -2.36. The van der Waals surface area contributed by atoms with Crippen molar-refractivity contribution in [3.63, 3.8) is 0 Å². The predicted molar refractivity (Wildman–Crippen MR) is 87.6 cm³/mol. The highest BCUT2D eigenvalue weighted by molar-refractivity contribution is 5.75. The molecule has 22 heavy (non-hydrogen) atoms. The first-order chi connectivity index (χ1) is 10.7. The maximum atomic E-state index is 12.4. The van der Waals surface area contributed by atoms with Crippen molar-refractivity contribution in [2.45, 2.75) is 32.7 Å². The summed E-state index contributed by atoms with van der Waals surface area (Å²) >= 11 is 0. The van der Waals surface area contributed by atoms with Crippen LogP contribution in [0.25, 0.3) is 11.3 Å². The number of aldehydes is 1. The fourth-order valence-corrected chi connectivity index (χ4v) is 2.44. The van der Waals surface area contributed by atoms with Crippen molar-refractivity contribution in [2.24, 2.45) is 0 Å². The number of hydrogen-bond donors (Lipinski definition) is 0. The summed E-state index contributed by atoms with van der Waals surface area (Å²) in [5.41, 5.74) is 1.74. The zero-order valence-electron chi connectivity index (χ0n) is 13.0. The number of ether oxygens (including phenoxy) is 1. The van der Waals surface area contributed by atoms with Gasteiger partial charge in [0.05, 0.1) is 18.4 Å². The van der Waals surface area contributed by atoms with Crippen molar-refractivity contribution in [3.05, 3.63) is 52.3 Å². The molecule has 4 heteroatoms. The Labute approximate surface area is 130 Å². The minimum Gasteiger partial charge on any atom is -0.497 e. The number of methoxy groups -OCH3 is 1. The van der Waals surface area contributed by atoms with Crippen LogP contribution in [0.4, 0.5) is 0 Å². The van der Waals surface area contributed by atoms with Crippen molar-refractivity contribution in [1.82, 2.24) is 4.57 Å². The van der Waals surface area contributed by atoms with Crippen LogP contribution in [0.2, 0.25) is 0 Å². The molecule has 0 amide bonds. The van der Waals surface area contributed by atoms with Gasteiger partial charge in [0.1, 0.15) is 5.75 Å². The molecule has 0 fully saturated rings. The molecule has 1 heterocycles. The van der Waals surface area contributed by atoms with Gasteiger partial charge in [-0.25, -0.2) is 0 Å². The van der Waals surface area contributed by atoms with Gasteiger partial charge in [0, 0.05) is 6.54 Å². The minimum atomic E-state index is -0.223. The minimum absolute atomic E-state index is 0.203. The number of carbonyl (C=O) groups excluding carboxylic acids is 1. The largest absolute Gasteiger partial charge is 0.497 e. The van der Waals surface area contributed by atoms with E-state index in [1.165, 1.54) is 0 Å². The topological polar surface area (TPSA) is 48.3 Å². The molecule has 0 saturated carbocycles. The first kappa shape index (κ1) is 16.0. The van der Waals surface area contributed by atoms with Crippen LogP contribution in [0, 0.1) is 0 Å². The summed E-state index contributed by atoms with van der Waals surface area (Å²) in [7, 11) is 1.62. The molecule has 0 bridgehead atoms. The van der Waals surface area contributed by atoms with E-state index in [1.807, 2.05) is 30.3 Å². The zero-order valence-corrected chi connectivity index (χ0v) is 13.0. The molecule has 0 aliphatic heterocycles. The van der Waals surface area contributed by atoms with Crippen molar-refractivity contribution in [3.8, 4) is 17.0 Å². The summed E-state index contributed by atoms with van der Waals surface area (Å²) in [6, 6.07) is 11.0. The maximum absolute atomic E-state index is 12.4. The van der Waals surface area contributed by atoms with Gasteiger partial charge in [-0.1, -0.05) is 19.8 Å². The number of aromatic nitrogens is 1. The van der Waals surface area contributed by atoms with Crippen LogP contribution >= 0.6 is 0 Å². The first-order valence-electron chi connectivity index (χ1n) is 7.54. The van der Waals surface area contributed by atoms with Gasteiger partial charge >= 0.3 is 0 Å². The lowest BCUT2D eigenvalue weighted by molar-refractivity contribution is 0.112. The Morgan fingerprint density at radius 3 is 2.41 bits per heavy atom. The van der Waals surface area contributed by atoms with Crippen LogP contribution < -0.4 is 10.3 Å². The summed E-state index contributed by atoms with van der Waals surface area (Å²) in [5.74, 6) is 0.771. The second-order valence-corrected chi connectivity index (χ2v) is 5.18. The van der Waals surface area contributed by atoms with Gasteiger partial charge in [0.2, 0.25) is 0 Å². The van der Waals surface area contributed by atoms with E-state index in [-0.39, 0.29) is 11.1 Å². The van der Waals surface area contributed by atoms with Crippen molar-refractivity contribution in [2.75, 3.05) is 7.11 Å². The van der Waals surface area contributed by atoms with Gasteiger partial charge in [0.15, 0.2) is 6.29 Å². The fraction of sp³-hybridized carbons (Fsp3) is 0.333. The van der Waals surface area contributed by atoms with Gasteiger partial charge in [0.25, 0.3) is 5.56 Å². The standard InChI is InChI=1S/C18H21NO3/c1-3-4-5-12-19-17(11-8-15(13-20)18(19)21)14-6-9-16(22-2)10-7-14/h6-11,13H,3-5,12H2,1-2H3. The van der Waals surface area contributed by atoms with Crippen LogP contribution in [-0.4, -0.2) is 18.0 Å². The van der Waals surface area contributed by atoms with Crippen LogP contribution in [-0.2, 0) is 6.54 Å². The normalized spacial score (nSPS) is 10.5. The molecule has 0 unspecified atom stereocenters. The maximum Gasteiger partial charge on any atom is 0.261 e. The van der Waals surface area contributed by atoms with E-state index in [2.05, 4.69) is 6.92 Å². The van der Waals surface area contributed by atoms with E-state index in [1.54, 1.807) is 17.7 Å². The van der Waals surface area contributed by atoms with E-state index in [0.29, 0.717) is 12.8 Å². The third-order valence-corrected chi connectivity index (χ3v) is 3.70. The van der Waals surface area contributed by atoms with E-state index in [0.717, 1.165) is 36.3 Å². The molecule has 0 aliphatic carbocycles. The molecule has 0 saturated heterocycles. The number of nitrogens with zero attached hydrogens (tertiary/aromatic N) is 1. The number of benzene rings is 1. The molecule has 0 spiro atoms. The lowest BCUT2D eigenvalue weighted by atomic mass is 10.1. The average molecular weight is 299 g/mol. The number of unbranched alkanes of at least 4 members (excludes halogenated alkanes) is 2. The van der Waals surface area contributed by atoms with Crippen LogP contribution in [0.5, 0.6) is 5.75 Å². The van der Waals surface area contributed by atoms with Crippen molar-refractivity contribution < 1.29 is 9.53 Å². The Bertz CT molecular complexity index is 686. The summed E-state index contributed by atoms with van der Waals surface area (Å²) in [6.07, 6.45) is 3.68. The third-order valence-electron chi connectivity index (χ3n) is 3.70. The quantitative estimate of drug-likeness (QED) is 0.580. The molecule has 1 aromatic heterocycles. The molecule has 0 radical (unpaired) electrons. The van der Waals surface area contributed by atoms with Gasteiger partial charge in [-0.05, 0) is 48.4 Å². The Kier molecular flexibility index (Phi) is 5.53. The second kappa shape index (κ2) is 7.59. The van der Waals surface area contributed by atoms with E-state index < -0.39 is 0 Å². The summed E-state index contributed by atoms with van der Waals surface area (Å²) in [5, 5.41) is 0. The lowest BCUT2D eigenvalue weighted by Gasteiger charge is -2.14. The summed E-state index contributed by atoms with van der Waals surface area (Å²) in [6.45, 7) is 2.74. The van der Waals surface area contributed by atoms with Crippen LogP contribution in [0.1, 0.15) is 36.5 Å². The molecule has 2 rings (SSSR count). The van der Waals surface area contributed by atoms with E-state index >= 15 is 0 Å². The molecule has 1 aromatic carbocycles. The van der Waals surface area contributed by atoms with Crippen molar-refractivity contribution in [1.29, 1.82) is 0 Å². The molecular formula is C18H21NO3. The smallest absolute Gasteiger partial charge is 0.261 e. The lowest BCUT2D eigenvalue weighted by Crippen LogP contribution is -2.25. The Balaban J connectivity index is 2.46. The molecular weight excluding hydrogens is 278 g/mol. The number of carbonyl (C=O) groups is 1. The van der Waals surface area contributed by atoms with Gasteiger partial charge in [-0.2, -0.15) is 0 Å². The second-order valence-electron chi connectivity index (χ2n) is 5.18. The highest BCUT2D eigenvalue weighted by Crippen LogP contribution is 2.22. The van der Waals surface area contributed by atoms with Crippen molar-refractivity contribution >= 4 is 6.29 Å². The molecule has 0 N–H and O–H groups in total. The van der Waals surface area contributed by atoms with Crippen LogP contribution in [0.3, 0.4) is 0 Å². The summed E-state index contributed by atoms with van der Waals surface area (Å²) in [4.78, 5) is 23.4.